The van der Waals surface area contributed by atoms with E-state index in [9.17, 15) is 13.2 Å². The molecule has 3 heterocycles. The van der Waals surface area contributed by atoms with Crippen LogP contribution in [0, 0.1) is 6.92 Å². The van der Waals surface area contributed by atoms with Gasteiger partial charge >= 0.3 is 0 Å². The van der Waals surface area contributed by atoms with Crippen LogP contribution in [-0.4, -0.2) is 43.3 Å². The number of fused-ring (bicyclic) bond motifs is 1. The molecule has 7 nitrogen and oxygen atoms in total. The SMILES string of the molecule is COc1ccc2nc(NC(=O)C3CCCN3S(=O)(=O)c3ccc(C)s3)sc2c1. The highest BCUT2D eigenvalue weighted by atomic mass is 32.2. The minimum absolute atomic E-state index is 0.275. The Kier molecular flexibility index (Phi) is 5.13. The molecule has 0 saturated carbocycles. The van der Waals surface area contributed by atoms with Crippen LogP contribution in [-0.2, 0) is 14.8 Å². The summed E-state index contributed by atoms with van der Waals surface area (Å²) in [5.74, 6) is 0.369. The molecule has 10 heteroatoms. The van der Waals surface area contributed by atoms with Crippen molar-refractivity contribution in [1.82, 2.24) is 9.29 Å². The predicted molar refractivity (Wildman–Crippen MR) is 111 cm³/mol. The van der Waals surface area contributed by atoms with Crippen molar-refractivity contribution in [3.05, 3.63) is 35.2 Å². The number of thiazole rings is 1. The van der Waals surface area contributed by atoms with Gasteiger partial charge in [-0.1, -0.05) is 11.3 Å². The topological polar surface area (TPSA) is 88.6 Å². The minimum Gasteiger partial charge on any atom is -0.497 e. The third kappa shape index (κ3) is 3.52. The molecule has 3 aromatic rings. The van der Waals surface area contributed by atoms with Crippen LogP contribution in [0.5, 0.6) is 5.75 Å². The maximum Gasteiger partial charge on any atom is 0.253 e. The van der Waals surface area contributed by atoms with Gasteiger partial charge in [0.15, 0.2) is 5.13 Å². The number of amides is 1. The first-order chi connectivity index (χ1) is 13.4. The molecule has 28 heavy (non-hydrogen) atoms. The number of thiophene rings is 1. The van der Waals surface area contributed by atoms with Gasteiger partial charge < -0.3 is 10.1 Å². The summed E-state index contributed by atoms with van der Waals surface area (Å²) in [7, 11) is -2.09. The van der Waals surface area contributed by atoms with Gasteiger partial charge in [0, 0.05) is 11.4 Å². The lowest BCUT2D eigenvalue weighted by Gasteiger charge is -2.22. The molecule has 0 spiro atoms. The first kappa shape index (κ1) is 19.3. The number of hydrogen-bond donors (Lipinski definition) is 1. The fourth-order valence-corrected chi connectivity index (χ4v) is 7.20. The predicted octanol–water partition coefficient (Wildman–Crippen LogP) is 3.47. The van der Waals surface area contributed by atoms with Crippen molar-refractivity contribution in [2.45, 2.75) is 30.0 Å². The van der Waals surface area contributed by atoms with E-state index >= 15 is 0 Å². The Morgan fingerprint density at radius 1 is 1.29 bits per heavy atom. The highest BCUT2D eigenvalue weighted by molar-refractivity contribution is 7.91. The van der Waals surface area contributed by atoms with E-state index in [1.807, 2.05) is 25.1 Å². The third-order valence-corrected chi connectivity index (χ3v) is 8.92. The molecule has 1 aliphatic rings. The van der Waals surface area contributed by atoms with E-state index in [4.69, 9.17) is 4.74 Å². The van der Waals surface area contributed by atoms with Crippen molar-refractivity contribution in [3.63, 3.8) is 0 Å². The lowest BCUT2D eigenvalue weighted by atomic mass is 10.2. The molecule has 1 N–H and O–H groups in total. The van der Waals surface area contributed by atoms with Crippen LogP contribution in [0.15, 0.2) is 34.5 Å². The van der Waals surface area contributed by atoms with Gasteiger partial charge in [0.2, 0.25) is 5.91 Å². The molecule has 1 aromatic carbocycles. The van der Waals surface area contributed by atoms with Crippen LogP contribution in [0.3, 0.4) is 0 Å². The average Bonchev–Trinajstić information content (AvgIpc) is 3.39. The number of sulfonamides is 1. The van der Waals surface area contributed by atoms with Crippen LogP contribution in [0.4, 0.5) is 5.13 Å². The van der Waals surface area contributed by atoms with Crippen molar-refractivity contribution in [2.75, 3.05) is 19.0 Å². The fourth-order valence-electron chi connectivity index (χ4n) is 3.23. The van der Waals surface area contributed by atoms with Crippen molar-refractivity contribution in [3.8, 4) is 5.75 Å². The Morgan fingerprint density at radius 2 is 2.11 bits per heavy atom. The molecule has 0 radical (unpaired) electrons. The monoisotopic (exact) mass is 437 g/mol. The molecule has 148 valence electrons. The number of carbonyl (C=O) groups is 1. The number of rotatable bonds is 5. The van der Waals surface area contributed by atoms with Crippen molar-refractivity contribution < 1.29 is 17.9 Å². The van der Waals surface area contributed by atoms with Gasteiger partial charge in [-0.2, -0.15) is 4.31 Å². The number of anilines is 1. The summed E-state index contributed by atoms with van der Waals surface area (Å²) >= 11 is 2.56. The summed E-state index contributed by atoms with van der Waals surface area (Å²) in [4.78, 5) is 18.2. The Bertz CT molecular complexity index is 1140. The third-order valence-electron chi connectivity index (χ3n) is 4.61. The summed E-state index contributed by atoms with van der Waals surface area (Å²) < 4.78 is 33.6. The normalized spacial score (nSPS) is 17.9. The van der Waals surface area contributed by atoms with Gasteiger partial charge in [-0.15, -0.1) is 11.3 Å². The van der Waals surface area contributed by atoms with E-state index < -0.39 is 16.1 Å². The first-order valence-electron chi connectivity index (χ1n) is 8.72. The van der Waals surface area contributed by atoms with Crippen molar-refractivity contribution in [2.24, 2.45) is 0 Å². The molecule has 1 fully saturated rings. The number of nitrogens with one attached hydrogen (secondary N) is 1. The second-order valence-electron chi connectivity index (χ2n) is 6.48. The molecule has 0 bridgehead atoms. The van der Waals surface area contributed by atoms with Crippen LogP contribution < -0.4 is 10.1 Å². The lowest BCUT2D eigenvalue weighted by Crippen LogP contribution is -2.42. The number of benzene rings is 1. The zero-order valence-electron chi connectivity index (χ0n) is 15.3. The lowest BCUT2D eigenvalue weighted by molar-refractivity contribution is -0.119. The Labute approximate surface area is 171 Å². The number of methoxy groups -OCH3 is 1. The van der Waals surface area contributed by atoms with Crippen LogP contribution in [0.25, 0.3) is 10.2 Å². The fraction of sp³-hybridized carbons (Fsp3) is 0.333. The number of carbonyl (C=O) groups excluding carboxylic acids is 1. The molecule has 4 rings (SSSR count). The molecular formula is C18H19N3O4S3. The van der Waals surface area contributed by atoms with Gasteiger partial charge in [0.05, 0.1) is 17.3 Å². The molecule has 1 unspecified atom stereocenters. The summed E-state index contributed by atoms with van der Waals surface area (Å²) in [5, 5.41) is 3.24. The van der Waals surface area contributed by atoms with E-state index in [2.05, 4.69) is 10.3 Å². The highest BCUT2D eigenvalue weighted by Gasteiger charge is 2.40. The van der Waals surface area contributed by atoms with E-state index in [1.54, 1.807) is 19.2 Å². The standard InChI is InChI=1S/C18H19N3O4S3/c1-11-5-8-16(26-11)28(23,24)21-9-3-4-14(21)17(22)20-18-19-13-7-6-12(25-2)10-15(13)27-18/h5-8,10,14H,3-4,9H2,1-2H3,(H,19,20,22). The van der Waals surface area contributed by atoms with Gasteiger partial charge in [-0.3, -0.25) is 4.79 Å². The second-order valence-corrected chi connectivity index (χ2v) is 10.9. The molecule has 2 aromatic heterocycles. The van der Waals surface area contributed by atoms with E-state index in [-0.39, 0.29) is 10.1 Å². The van der Waals surface area contributed by atoms with E-state index in [0.717, 1.165) is 15.1 Å². The Hall–Kier alpha value is -2.01. The van der Waals surface area contributed by atoms with Gasteiger partial charge in [-0.05, 0) is 50.1 Å². The molecule has 1 amide bonds. The van der Waals surface area contributed by atoms with Gasteiger partial charge in [0.1, 0.15) is 16.0 Å². The smallest absolute Gasteiger partial charge is 0.253 e. The largest absolute Gasteiger partial charge is 0.497 e. The zero-order chi connectivity index (χ0) is 19.9. The first-order valence-corrected chi connectivity index (χ1v) is 11.8. The Balaban J connectivity index is 1.55. The van der Waals surface area contributed by atoms with Crippen LogP contribution in [0.1, 0.15) is 17.7 Å². The number of aryl methyl sites for hydroxylation is 1. The highest BCUT2D eigenvalue weighted by Crippen LogP contribution is 2.32. The summed E-state index contributed by atoms with van der Waals surface area (Å²) in [6.45, 7) is 2.20. The van der Waals surface area contributed by atoms with Gasteiger partial charge in [-0.25, -0.2) is 13.4 Å². The maximum absolute atomic E-state index is 13.0. The van der Waals surface area contributed by atoms with Crippen molar-refractivity contribution in [1.29, 1.82) is 0 Å². The molecular weight excluding hydrogens is 418 g/mol. The summed E-state index contributed by atoms with van der Waals surface area (Å²) in [6, 6.07) is 8.14. The quantitative estimate of drug-likeness (QED) is 0.660. The average molecular weight is 438 g/mol. The summed E-state index contributed by atoms with van der Waals surface area (Å²) in [5.41, 5.74) is 0.756. The maximum atomic E-state index is 13.0. The van der Waals surface area contributed by atoms with E-state index in [1.165, 1.54) is 27.0 Å². The summed E-state index contributed by atoms with van der Waals surface area (Å²) in [6.07, 6.45) is 1.15. The van der Waals surface area contributed by atoms with Crippen molar-refractivity contribution >= 4 is 54.0 Å². The molecule has 0 aliphatic carbocycles. The number of aromatic nitrogens is 1. The number of hydrogen-bond acceptors (Lipinski definition) is 7. The van der Waals surface area contributed by atoms with Crippen LogP contribution in [0.2, 0.25) is 0 Å². The van der Waals surface area contributed by atoms with Gasteiger partial charge in [0.25, 0.3) is 10.0 Å². The number of ether oxygens (including phenoxy) is 1. The Morgan fingerprint density at radius 3 is 2.82 bits per heavy atom. The van der Waals surface area contributed by atoms with Crippen LogP contribution >= 0.6 is 22.7 Å². The molecule has 1 saturated heterocycles. The molecule has 1 aliphatic heterocycles. The van der Waals surface area contributed by atoms with E-state index in [0.29, 0.717) is 30.3 Å². The zero-order valence-corrected chi connectivity index (χ0v) is 17.8. The number of nitrogens with zero attached hydrogens (tertiary/aromatic N) is 2. The minimum atomic E-state index is -3.68. The second kappa shape index (κ2) is 7.43. The molecule has 1 atom stereocenters.